The number of carbonyl (C=O) groups excluding carboxylic acids is 3. The quantitative estimate of drug-likeness (QED) is 0.302. The summed E-state index contributed by atoms with van der Waals surface area (Å²) in [6.07, 6.45) is 5.52. The Morgan fingerprint density at radius 1 is 1.21 bits per heavy atom. The summed E-state index contributed by atoms with van der Waals surface area (Å²) in [6, 6.07) is 10.0. The minimum atomic E-state index is -1.01. The summed E-state index contributed by atoms with van der Waals surface area (Å²) in [4.78, 5) is 42.0. The Morgan fingerprint density at radius 3 is 2.34 bits per heavy atom. The highest BCUT2D eigenvalue weighted by Gasteiger charge is 2.48. The monoisotopic (exact) mass is 555 g/mol. The van der Waals surface area contributed by atoms with Gasteiger partial charge in [-0.3, -0.25) is 9.59 Å². The molecule has 1 aliphatic rings. The van der Waals surface area contributed by atoms with Crippen LogP contribution in [0.3, 0.4) is 0 Å². The summed E-state index contributed by atoms with van der Waals surface area (Å²) in [5, 5.41) is 5.94. The van der Waals surface area contributed by atoms with Crippen molar-refractivity contribution in [2.75, 3.05) is 11.1 Å². The molecule has 38 heavy (non-hydrogen) atoms. The van der Waals surface area contributed by atoms with E-state index in [0.29, 0.717) is 21.8 Å². The van der Waals surface area contributed by atoms with E-state index in [1.807, 2.05) is 19.9 Å². The van der Waals surface area contributed by atoms with Crippen molar-refractivity contribution in [2.45, 2.75) is 64.8 Å². The van der Waals surface area contributed by atoms with Crippen LogP contribution in [0.25, 0.3) is 0 Å². The molecule has 2 aromatic carbocycles. The molecule has 3 amide bonds. The van der Waals surface area contributed by atoms with Crippen LogP contribution in [0.4, 0.5) is 10.5 Å². The van der Waals surface area contributed by atoms with Crippen molar-refractivity contribution in [3.8, 4) is 12.3 Å². The number of hydrogen-bond donors (Lipinski definition) is 3. The van der Waals surface area contributed by atoms with Gasteiger partial charge < -0.3 is 20.3 Å². The molecule has 0 heterocycles. The van der Waals surface area contributed by atoms with E-state index in [4.69, 9.17) is 22.8 Å². The van der Waals surface area contributed by atoms with Gasteiger partial charge in [0.25, 0.3) is 5.91 Å². The van der Waals surface area contributed by atoms with Gasteiger partial charge in [-0.25, -0.2) is 4.79 Å². The lowest BCUT2D eigenvalue weighted by Crippen LogP contribution is -2.54. The molecule has 1 saturated carbocycles. The van der Waals surface area contributed by atoms with E-state index in [9.17, 15) is 14.4 Å². The second kappa shape index (κ2) is 12.1. The van der Waals surface area contributed by atoms with Gasteiger partial charge in [0.15, 0.2) is 0 Å². The molecule has 1 aliphatic carbocycles. The van der Waals surface area contributed by atoms with Gasteiger partial charge >= 0.3 is 6.09 Å². The molecule has 202 valence electrons. The van der Waals surface area contributed by atoms with Gasteiger partial charge in [-0.05, 0) is 69.4 Å². The molecule has 0 aromatic heterocycles. The predicted octanol–water partition coefficient (Wildman–Crippen LogP) is 5.37. The maximum Gasteiger partial charge on any atom is 0.408 e. The SMILES string of the molecule is C#Cc1ccc(C(C(=O)Nc2c(C)cccc2Cl)N(C(=O)C(CS)NC(=O)OC(C)(C)C)C2CC2C)cc1. The zero-order valence-electron chi connectivity index (χ0n) is 22.2. The fourth-order valence-corrected chi connectivity index (χ4v) is 4.69. The fourth-order valence-electron chi connectivity index (χ4n) is 4.17. The molecule has 1 fully saturated rings. The molecule has 0 bridgehead atoms. The number of alkyl carbamates (subject to hydrolysis) is 1. The van der Waals surface area contributed by atoms with Crippen molar-refractivity contribution in [1.29, 1.82) is 0 Å². The number of para-hydroxylation sites is 1. The summed E-state index contributed by atoms with van der Waals surface area (Å²) in [6.45, 7) is 9.06. The summed E-state index contributed by atoms with van der Waals surface area (Å²) in [5.41, 5.74) is 1.73. The molecule has 9 heteroatoms. The summed E-state index contributed by atoms with van der Waals surface area (Å²) in [7, 11) is 0. The van der Waals surface area contributed by atoms with Crippen LogP contribution in [-0.2, 0) is 14.3 Å². The first-order valence-electron chi connectivity index (χ1n) is 12.4. The minimum Gasteiger partial charge on any atom is -0.444 e. The Kier molecular flexibility index (Phi) is 9.40. The fraction of sp³-hybridized carbons (Fsp3) is 0.414. The van der Waals surface area contributed by atoms with Gasteiger partial charge in [-0.1, -0.05) is 48.7 Å². The van der Waals surface area contributed by atoms with Gasteiger partial charge in [0.05, 0.1) is 10.7 Å². The number of nitrogens with one attached hydrogen (secondary N) is 2. The molecule has 4 unspecified atom stereocenters. The number of nitrogens with zero attached hydrogens (tertiary/aromatic N) is 1. The topological polar surface area (TPSA) is 87.7 Å². The molecule has 7 nitrogen and oxygen atoms in total. The maximum absolute atomic E-state index is 14.0. The van der Waals surface area contributed by atoms with Crippen LogP contribution < -0.4 is 10.6 Å². The highest BCUT2D eigenvalue weighted by molar-refractivity contribution is 7.80. The van der Waals surface area contributed by atoms with E-state index < -0.39 is 35.6 Å². The third kappa shape index (κ3) is 7.24. The molecule has 0 radical (unpaired) electrons. The lowest BCUT2D eigenvalue weighted by Gasteiger charge is -2.35. The zero-order valence-corrected chi connectivity index (χ0v) is 23.9. The van der Waals surface area contributed by atoms with E-state index in [2.05, 4.69) is 29.2 Å². The third-order valence-corrected chi connectivity index (χ3v) is 6.92. The molecule has 0 saturated heterocycles. The normalized spacial score (nSPS) is 17.9. The molecule has 0 aliphatic heterocycles. The number of amides is 3. The Hall–Kier alpha value is -3.15. The van der Waals surface area contributed by atoms with Gasteiger partial charge in [-0.15, -0.1) is 6.42 Å². The molecule has 2 aromatic rings. The Balaban J connectivity index is 2.03. The average Bonchev–Trinajstić information content (AvgIpc) is 3.57. The number of benzene rings is 2. The van der Waals surface area contributed by atoms with E-state index in [0.717, 1.165) is 12.0 Å². The molecule has 0 spiro atoms. The van der Waals surface area contributed by atoms with Crippen molar-refractivity contribution in [3.63, 3.8) is 0 Å². The van der Waals surface area contributed by atoms with E-state index in [-0.39, 0.29) is 17.7 Å². The van der Waals surface area contributed by atoms with Crippen molar-refractivity contribution in [1.82, 2.24) is 10.2 Å². The first kappa shape index (κ1) is 29.4. The third-order valence-electron chi connectivity index (χ3n) is 6.24. The van der Waals surface area contributed by atoms with Crippen LogP contribution in [0.5, 0.6) is 0 Å². The molecule has 3 rings (SSSR count). The Labute approximate surface area is 235 Å². The summed E-state index contributed by atoms with van der Waals surface area (Å²) < 4.78 is 5.35. The highest BCUT2D eigenvalue weighted by Crippen LogP contribution is 2.41. The van der Waals surface area contributed by atoms with Crippen molar-refractivity contribution < 1.29 is 19.1 Å². The van der Waals surface area contributed by atoms with Crippen LogP contribution in [0, 0.1) is 25.2 Å². The number of anilines is 1. The lowest BCUT2D eigenvalue weighted by atomic mass is 10.0. The van der Waals surface area contributed by atoms with Gasteiger partial charge in [-0.2, -0.15) is 12.6 Å². The number of ether oxygens (including phenoxy) is 1. The number of carbonyl (C=O) groups is 3. The second-order valence-corrected chi connectivity index (χ2v) is 11.3. The zero-order chi connectivity index (χ0) is 28.2. The van der Waals surface area contributed by atoms with E-state index >= 15 is 0 Å². The second-order valence-electron chi connectivity index (χ2n) is 10.5. The van der Waals surface area contributed by atoms with E-state index in [1.54, 1.807) is 62.1 Å². The summed E-state index contributed by atoms with van der Waals surface area (Å²) in [5.74, 6) is 1.89. The molecule has 2 N–H and O–H groups in total. The van der Waals surface area contributed by atoms with Crippen LogP contribution in [0.2, 0.25) is 5.02 Å². The van der Waals surface area contributed by atoms with Crippen LogP contribution in [0.1, 0.15) is 56.8 Å². The van der Waals surface area contributed by atoms with Crippen LogP contribution in [0.15, 0.2) is 42.5 Å². The number of thiol groups is 1. The van der Waals surface area contributed by atoms with E-state index in [1.165, 1.54) is 0 Å². The average molecular weight is 556 g/mol. The number of rotatable bonds is 8. The number of aryl methyl sites for hydroxylation is 1. The number of hydrogen-bond acceptors (Lipinski definition) is 5. The highest BCUT2D eigenvalue weighted by atomic mass is 35.5. The van der Waals surface area contributed by atoms with Crippen molar-refractivity contribution in [2.24, 2.45) is 5.92 Å². The first-order valence-corrected chi connectivity index (χ1v) is 13.4. The number of halogens is 1. The largest absolute Gasteiger partial charge is 0.444 e. The van der Waals surface area contributed by atoms with Crippen LogP contribution in [-0.4, -0.2) is 46.2 Å². The Bertz CT molecular complexity index is 1220. The summed E-state index contributed by atoms with van der Waals surface area (Å²) >= 11 is 10.7. The maximum atomic E-state index is 14.0. The van der Waals surface area contributed by atoms with Crippen molar-refractivity contribution >= 4 is 47.8 Å². The minimum absolute atomic E-state index is 0.0175. The molecular weight excluding hydrogens is 522 g/mol. The number of terminal acetylenes is 1. The van der Waals surface area contributed by atoms with Crippen LogP contribution >= 0.6 is 24.2 Å². The smallest absolute Gasteiger partial charge is 0.408 e. The first-order chi connectivity index (χ1) is 17.9. The van der Waals surface area contributed by atoms with Gasteiger partial charge in [0, 0.05) is 17.4 Å². The van der Waals surface area contributed by atoms with Gasteiger partial charge in [0.2, 0.25) is 5.91 Å². The van der Waals surface area contributed by atoms with Gasteiger partial charge in [0.1, 0.15) is 17.7 Å². The molecular formula is C29H34ClN3O4S. The predicted molar refractivity (Wildman–Crippen MR) is 153 cm³/mol. The standard InChI is InChI=1S/C29H34ClN3O4S/c1-7-19-11-13-20(14-12-19)25(26(34)32-24-17(2)9-8-10-21(24)30)33(23-15-18(23)3)27(35)22(16-38)31-28(36)37-29(4,5)6/h1,8-14,18,22-23,25,38H,15-16H2,2-6H3,(H,31,36)(H,32,34). The van der Waals surface area contributed by atoms with Crippen molar-refractivity contribution in [3.05, 3.63) is 64.2 Å². The lowest BCUT2D eigenvalue weighted by molar-refractivity contribution is -0.141. The molecule has 4 atom stereocenters. The Morgan fingerprint density at radius 2 is 1.84 bits per heavy atom.